The molecule has 1 aromatic heterocycles. The predicted molar refractivity (Wildman–Crippen MR) is 86.8 cm³/mol. The minimum atomic E-state index is -0.268. The third-order valence-corrected chi connectivity index (χ3v) is 5.02. The second kappa shape index (κ2) is 6.23. The number of carbonyl (C=O) groups excluding carboxylic acids is 1. The summed E-state index contributed by atoms with van der Waals surface area (Å²) >= 11 is 0. The number of amides is 1. The molecule has 2 N–H and O–H groups in total. The Labute approximate surface area is 137 Å². The van der Waals surface area contributed by atoms with Gasteiger partial charge in [-0.3, -0.25) is 4.79 Å². The highest BCUT2D eigenvalue weighted by atomic mass is 16.5. The largest absolute Gasteiger partial charge is 0.343 e. The van der Waals surface area contributed by atoms with Crippen LogP contribution >= 0.6 is 0 Å². The highest BCUT2D eigenvalue weighted by Crippen LogP contribution is 2.33. The van der Waals surface area contributed by atoms with Crippen LogP contribution in [0.1, 0.15) is 77.6 Å². The number of fused-ring (bicyclic) bond motifs is 1. The van der Waals surface area contributed by atoms with E-state index in [1.807, 2.05) is 27.7 Å². The van der Waals surface area contributed by atoms with Crippen molar-refractivity contribution in [1.29, 1.82) is 0 Å². The van der Waals surface area contributed by atoms with E-state index in [4.69, 9.17) is 4.52 Å². The molecule has 1 saturated carbocycles. The van der Waals surface area contributed by atoms with E-state index in [2.05, 4.69) is 20.8 Å². The average Bonchev–Trinajstić information content (AvgIpc) is 3.13. The van der Waals surface area contributed by atoms with Crippen molar-refractivity contribution < 1.29 is 9.32 Å². The molecule has 4 atom stereocenters. The van der Waals surface area contributed by atoms with Gasteiger partial charge in [-0.15, -0.1) is 0 Å². The second-order valence-electron chi connectivity index (χ2n) is 8.04. The molecule has 6 nitrogen and oxygen atoms in total. The average molecular weight is 320 g/mol. The lowest BCUT2D eigenvalue weighted by Crippen LogP contribution is -2.43. The molecule has 0 spiro atoms. The Kier molecular flexibility index (Phi) is 4.45. The van der Waals surface area contributed by atoms with Crippen molar-refractivity contribution in [3.05, 3.63) is 11.7 Å². The van der Waals surface area contributed by atoms with Crippen LogP contribution in [0.3, 0.4) is 0 Å². The summed E-state index contributed by atoms with van der Waals surface area (Å²) in [6.07, 6.45) is 5.96. The fraction of sp³-hybridized carbons (Fsp3) is 0.824. The second-order valence-corrected chi connectivity index (χ2v) is 8.04. The van der Waals surface area contributed by atoms with Gasteiger partial charge in [0.15, 0.2) is 5.82 Å². The van der Waals surface area contributed by atoms with E-state index in [-0.39, 0.29) is 23.4 Å². The smallest absolute Gasteiger partial charge is 0.248 e. The molecule has 1 aliphatic carbocycles. The minimum absolute atomic E-state index is 0.0439. The molecule has 128 valence electrons. The highest BCUT2D eigenvalue weighted by molar-refractivity contribution is 5.82. The molecule has 0 radical (unpaired) electrons. The van der Waals surface area contributed by atoms with Gasteiger partial charge >= 0.3 is 0 Å². The van der Waals surface area contributed by atoms with Crippen molar-refractivity contribution in [3.8, 4) is 0 Å². The van der Waals surface area contributed by atoms with Gasteiger partial charge in [0.25, 0.3) is 0 Å². The maximum atomic E-state index is 12.5. The van der Waals surface area contributed by atoms with Crippen molar-refractivity contribution in [3.63, 3.8) is 0 Å². The van der Waals surface area contributed by atoms with E-state index in [1.165, 1.54) is 25.7 Å². The molecule has 1 saturated heterocycles. The first-order chi connectivity index (χ1) is 10.8. The Morgan fingerprint density at radius 3 is 2.74 bits per heavy atom. The summed E-state index contributed by atoms with van der Waals surface area (Å²) in [5.74, 6) is 1.84. The van der Waals surface area contributed by atoms with Crippen LogP contribution in [0.4, 0.5) is 0 Å². The van der Waals surface area contributed by atoms with Gasteiger partial charge in [-0.25, -0.2) is 0 Å². The molecular formula is C17H28N4O2. The molecule has 6 heteroatoms. The molecule has 2 fully saturated rings. The number of nitrogens with one attached hydrogen (secondary N) is 2. The van der Waals surface area contributed by atoms with Crippen LogP contribution in [-0.2, 0) is 10.2 Å². The zero-order valence-corrected chi connectivity index (χ0v) is 14.6. The van der Waals surface area contributed by atoms with Gasteiger partial charge in [0.1, 0.15) is 6.04 Å². The summed E-state index contributed by atoms with van der Waals surface area (Å²) in [6.45, 7) is 8.00. The third-order valence-electron chi connectivity index (χ3n) is 5.02. The van der Waals surface area contributed by atoms with Crippen LogP contribution in [0.2, 0.25) is 0 Å². The van der Waals surface area contributed by atoms with Crippen LogP contribution in [0.25, 0.3) is 0 Å². The van der Waals surface area contributed by atoms with Crippen LogP contribution < -0.4 is 10.6 Å². The van der Waals surface area contributed by atoms with E-state index in [1.54, 1.807) is 0 Å². The van der Waals surface area contributed by atoms with Gasteiger partial charge in [0, 0.05) is 11.5 Å². The van der Waals surface area contributed by atoms with Crippen molar-refractivity contribution in [2.45, 2.75) is 83.3 Å². The van der Waals surface area contributed by atoms with Crippen LogP contribution in [-0.4, -0.2) is 28.1 Å². The number of aromatic nitrogens is 2. The number of hydrogen-bond donors (Lipinski definition) is 2. The van der Waals surface area contributed by atoms with E-state index >= 15 is 0 Å². The van der Waals surface area contributed by atoms with Gasteiger partial charge in [0.2, 0.25) is 11.8 Å². The van der Waals surface area contributed by atoms with Crippen LogP contribution in [0.15, 0.2) is 4.52 Å². The topological polar surface area (TPSA) is 80.0 Å². The van der Waals surface area contributed by atoms with Gasteiger partial charge < -0.3 is 15.2 Å². The fourth-order valence-electron chi connectivity index (χ4n) is 3.61. The van der Waals surface area contributed by atoms with Crippen LogP contribution in [0.5, 0.6) is 0 Å². The molecular weight excluding hydrogens is 292 g/mol. The number of nitrogens with zero attached hydrogens (tertiary/aromatic N) is 2. The Morgan fingerprint density at radius 2 is 2.09 bits per heavy atom. The van der Waals surface area contributed by atoms with E-state index in [0.29, 0.717) is 23.7 Å². The normalized spacial score (nSPS) is 29.1. The molecule has 23 heavy (non-hydrogen) atoms. The SMILES string of the molecule is CC(NC(=O)C1CC2CCCCC2N1)c1nc(C(C)(C)C)no1. The Hall–Kier alpha value is -1.43. The lowest BCUT2D eigenvalue weighted by molar-refractivity contribution is -0.123. The summed E-state index contributed by atoms with van der Waals surface area (Å²) in [6, 6.07) is 0.164. The monoisotopic (exact) mass is 320 g/mol. The van der Waals surface area contributed by atoms with Crippen molar-refractivity contribution >= 4 is 5.91 Å². The Morgan fingerprint density at radius 1 is 1.35 bits per heavy atom. The van der Waals surface area contributed by atoms with E-state index < -0.39 is 0 Å². The molecule has 0 bridgehead atoms. The maximum Gasteiger partial charge on any atom is 0.248 e. The first-order valence-electron chi connectivity index (χ1n) is 8.75. The fourth-order valence-corrected chi connectivity index (χ4v) is 3.61. The zero-order chi connectivity index (χ0) is 16.6. The molecule has 4 unspecified atom stereocenters. The quantitative estimate of drug-likeness (QED) is 0.894. The first-order valence-corrected chi connectivity index (χ1v) is 8.75. The Bertz CT molecular complexity index is 549. The minimum Gasteiger partial charge on any atom is -0.343 e. The molecule has 0 aromatic carbocycles. The van der Waals surface area contributed by atoms with E-state index in [9.17, 15) is 4.79 Å². The summed E-state index contributed by atoms with van der Waals surface area (Å²) in [5, 5.41) is 10.5. The molecule has 2 aliphatic rings. The standard InChI is InChI=1S/C17H28N4O2/c1-10(15-20-16(21-23-15)17(2,3)4)18-14(22)13-9-11-7-5-6-8-12(11)19-13/h10-13,19H,5-9H2,1-4H3,(H,18,22). The van der Waals surface area contributed by atoms with Crippen molar-refractivity contribution in [1.82, 2.24) is 20.8 Å². The lowest BCUT2D eigenvalue weighted by Gasteiger charge is -2.24. The summed E-state index contributed by atoms with van der Waals surface area (Å²) in [5.41, 5.74) is -0.159. The summed E-state index contributed by atoms with van der Waals surface area (Å²) in [7, 11) is 0. The van der Waals surface area contributed by atoms with Gasteiger partial charge in [0.05, 0.1) is 6.04 Å². The number of hydrogen-bond acceptors (Lipinski definition) is 5. The highest BCUT2D eigenvalue weighted by Gasteiger charge is 2.38. The molecule has 2 heterocycles. The van der Waals surface area contributed by atoms with Gasteiger partial charge in [-0.1, -0.05) is 38.8 Å². The lowest BCUT2D eigenvalue weighted by atomic mass is 9.85. The van der Waals surface area contributed by atoms with Gasteiger partial charge in [-0.2, -0.15) is 4.98 Å². The summed E-state index contributed by atoms with van der Waals surface area (Å²) in [4.78, 5) is 16.9. The molecule has 1 aromatic rings. The van der Waals surface area contributed by atoms with Crippen molar-refractivity contribution in [2.24, 2.45) is 5.92 Å². The molecule has 3 rings (SSSR count). The zero-order valence-electron chi connectivity index (χ0n) is 14.6. The van der Waals surface area contributed by atoms with Gasteiger partial charge in [-0.05, 0) is 32.1 Å². The molecule has 1 aliphatic heterocycles. The Balaban J connectivity index is 1.58. The first kappa shape index (κ1) is 16.4. The predicted octanol–water partition coefficient (Wildman–Crippen LogP) is 2.47. The third kappa shape index (κ3) is 3.57. The van der Waals surface area contributed by atoms with Crippen molar-refractivity contribution in [2.75, 3.05) is 0 Å². The number of rotatable bonds is 3. The maximum absolute atomic E-state index is 12.5. The van der Waals surface area contributed by atoms with E-state index in [0.717, 1.165) is 6.42 Å². The van der Waals surface area contributed by atoms with Crippen LogP contribution in [0, 0.1) is 5.92 Å². The number of carbonyl (C=O) groups is 1. The molecule has 1 amide bonds. The summed E-state index contributed by atoms with van der Waals surface area (Å²) < 4.78 is 5.31.